The van der Waals surface area contributed by atoms with Gasteiger partial charge in [0.25, 0.3) is 0 Å². The highest BCUT2D eigenvalue weighted by molar-refractivity contribution is 5.87. The van der Waals surface area contributed by atoms with E-state index in [1.54, 1.807) is 42.5 Å². The van der Waals surface area contributed by atoms with E-state index >= 15 is 0 Å². The number of phenols is 1. The Morgan fingerprint density at radius 1 is 1.26 bits per heavy atom. The Kier molecular flexibility index (Phi) is 5.37. The molecular weight excluding hydrogens is 294 g/mol. The van der Waals surface area contributed by atoms with Gasteiger partial charge in [0.1, 0.15) is 6.61 Å². The van der Waals surface area contributed by atoms with Crippen LogP contribution in [0.3, 0.4) is 0 Å². The number of nitriles is 1. The van der Waals surface area contributed by atoms with E-state index in [4.69, 9.17) is 14.7 Å². The second-order valence-electron chi connectivity index (χ2n) is 4.68. The van der Waals surface area contributed by atoms with Crippen LogP contribution in [-0.4, -0.2) is 18.2 Å². The zero-order chi connectivity index (χ0) is 16.7. The van der Waals surface area contributed by atoms with Gasteiger partial charge in [-0.15, -0.1) is 0 Å². The van der Waals surface area contributed by atoms with Crippen LogP contribution < -0.4 is 4.74 Å². The number of phenolic OH excluding ortho intramolecular Hbond substituents is 1. The van der Waals surface area contributed by atoms with Gasteiger partial charge in [0, 0.05) is 6.08 Å². The van der Waals surface area contributed by atoms with Crippen LogP contribution in [0.25, 0.3) is 6.08 Å². The van der Waals surface area contributed by atoms with Crippen molar-refractivity contribution in [2.24, 2.45) is 0 Å². The maximum absolute atomic E-state index is 11.7. The molecule has 2 aromatic carbocycles. The fraction of sp³-hybridized carbons (Fsp3) is 0.111. The van der Waals surface area contributed by atoms with Crippen molar-refractivity contribution in [1.29, 1.82) is 5.26 Å². The van der Waals surface area contributed by atoms with Gasteiger partial charge in [-0.25, -0.2) is 4.79 Å². The number of nitrogens with zero attached hydrogens (tertiary/aromatic N) is 1. The van der Waals surface area contributed by atoms with Crippen LogP contribution in [0.2, 0.25) is 0 Å². The van der Waals surface area contributed by atoms with E-state index in [9.17, 15) is 9.90 Å². The van der Waals surface area contributed by atoms with E-state index in [0.29, 0.717) is 16.9 Å². The lowest BCUT2D eigenvalue weighted by atomic mass is 10.1. The lowest BCUT2D eigenvalue weighted by molar-refractivity contribution is -0.138. The molecule has 23 heavy (non-hydrogen) atoms. The van der Waals surface area contributed by atoms with E-state index in [1.807, 2.05) is 6.07 Å². The largest absolute Gasteiger partial charge is 0.504 e. The van der Waals surface area contributed by atoms with Crippen LogP contribution in [0.1, 0.15) is 16.7 Å². The van der Waals surface area contributed by atoms with Gasteiger partial charge in [0.05, 0.1) is 18.7 Å². The quantitative estimate of drug-likeness (QED) is 0.678. The van der Waals surface area contributed by atoms with Gasteiger partial charge < -0.3 is 14.6 Å². The first kappa shape index (κ1) is 16.1. The van der Waals surface area contributed by atoms with Gasteiger partial charge in [-0.2, -0.15) is 5.26 Å². The molecule has 0 aliphatic rings. The van der Waals surface area contributed by atoms with E-state index in [0.717, 1.165) is 5.56 Å². The van der Waals surface area contributed by atoms with Crippen molar-refractivity contribution < 1.29 is 19.4 Å². The Bertz CT molecular complexity index is 758. The van der Waals surface area contributed by atoms with Gasteiger partial charge in [0.15, 0.2) is 11.5 Å². The number of carbonyl (C=O) groups excluding carboxylic acids is 1. The first-order valence-electron chi connectivity index (χ1n) is 6.83. The van der Waals surface area contributed by atoms with Gasteiger partial charge in [-0.3, -0.25) is 0 Å². The molecule has 0 fully saturated rings. The van der Waals surface area contributed by atoms with Gasteiger partial charge >= 0.3 is 5.97 Å². The fourth-order valence-electron chi connectivity index (χ4n) is 1.84. The summed E-state index contributed by atoms with van der Waals surface area (Å²) < 4.78 is 10.1. The first-order chi connectivity index (χ1) is 11.1. The minimum Gasteiger partial charge on any atom is -0.504 e. The van der Waals surface area contributed by atoms with Crippen molar-refractivity contribution in [3.05, 3.63) is 65.2 Å². The minimum atomic E-state index is -0.485. The maximum atomic E-state index is 11.7. The van der Waals surface area contributed by atoms with Crippen molar-refractivity contribution >= 4 is 12.0 Å². The average molecular weight is 309 g/mol. The van der Waals surface area contributed by atoms with Crippen molar-refractivity contribution in [1.82, 2.24) is 0 Å². The first-order valence-corrected chi connectivity index (χ1v) is 6.83. The summed E-state index contributed by atoms with van der Waals surface area (Å²) in [5, 5.41) is 18.2. The molecular formula is C18H15NO4. The molecule has 0 aliphatic heterocycles. The predicted molar refractivity (Wildman–Crippen MR) is 84.6 cm³/mol. The average Bonchev–Trinajstić information content (AvgIpc) is 2.59. The van der Waals surface area contributed by atoms with Crippen molar-refractivity contribution in [3.63, 3.8) is 0 Å². The number of rotatable bonds is 5. The second kappa shape index (κ2) is 7.66. The van der Waals surface area contributed by atoms with E-state index in [2.05, 4.69) is 0 Å². The Morgan fingerprint density at radius 2 is 2.00 bits per heavy atom. The summed E-state index contributed by atoms with van der Waals surface area (Å²) in [5.74, 6) is -0.118. The number of aromatic hydroxyl groups is 1. The summed E-state index contributed by atoms with van der Waals surface area (Å²) >= 11 is 0. The molecule has 0 unspecified atom stereocenters. The molecule has 1 N–H and O–H groups in total. The smallest absolute Gasteiger partial charge is 0.331 e. The highest BCUT2D eigenvalue weighted by Gasteiger charge is 2.02. The number of hydrogen-bond acceptors (Lipinski definition) is 5. The summed E-state index contributed by atoms with van der Waals surface area (Å²) in [6.45, 7) is 0.133. The standard InChI is InChI=1S/C18H15NO4/c1-22-17-10-13(6-8-16(17)20)7-9-18(21)23-12-15-4-2-14(11-19)3-5-15/h2-10,20H,12H2,1H3. The topological polar surface area (TPSA) is 79.5 Å². The van der Waals surface area contributed by atoms with E-state index in [-0.39, 0.29) is 12.4 Å². The molecule has 116 valence electrons. The van der Waals surface area contributed by atoms with Crippen LogP contribution in [0.4, 0.5) is 0 Å². The third-order valence-electron chi connectivity index (χ3n) is 3.08. The van der Waals surface area contributed by atoms with Crippen LogP contribution in [0.5, 0.6) is 11.5 Å². The van der Waals surface area contributed by atoms with Crippen LogP contribution in [-0.2, 0) is 16.1 Å². The third-order valence-corrected chi connectivity index (χ3v) is 3.08. The molecule has 0 saturated carbocycles. The predicted octanol–water partition coefficient (Wildman–Crippen LogP) is 3.03. The van der Waals surface area contributed by atoms with Gasteiger partial charge in [0.2, 0.25) is 0 Å². The molecule has 2 aromatic rings. The Labute approximate surface area is 134 Å². The Morgan fingerprint density at radius 3 is 2.65 bits per heavy atom. The zero-order valence-corrected chi connectivity index (χ0v) is 12.5. The van der Waals surface area contributed by atoms with Crippen molar-refractivity contribution in [3.8, 4) is 17.6 Å². The summed E-state index contributed by atoms with van der Waals surface area (Å²) in [7, 11) is 1.45. The molecule has 0 aliphatic carbocycles. The van der Waals surface area contributed by atoms with Gasteiger partial charge in [-0.1, -0.05) is 18.2 Å². The summed E-state index contributed by atoms with van der Waals surface area (Å²) in [6.07, 6.45) is 2.87. The van der Waals surface area contributed by atoms with Crippen LogP contribution in [0.15, 0.2) is 48.5 Å². The molecule has 5 nitrogen and oxygen atoms in total. The van der Waals surface area contributed by atoms with Crippen LogP contribution >= 0.6 is 0 Å². The van der Waals surface area contributed by atoms with Gasteiger partial charge in [-0.05, 0) is 41.5 Å². The summed E-state index contributed by atoms with van der Waals surface area (Å²) in [6, 6.07) is 13.6. The number of hydrogen-bond donors (Lipinski definition) is 1. The molecule has 2 rings (SSSR count). The van der Waals surface area contributed by atoms with Crippen molar-refractivity contribution in [2.45, 2.75) is 6.61 Å². The molecule has 5 heteroatoms. The third kappa shape index (κ3) is 4.61. The Balaban J connectivity index is 1.92. The highest BCUT2D eigenvalue weighted by atomic mass is 16.5. The Hall–Kier alpha value is -3.26. The number of benzene rings is 2. The molecule has 0 heterocycles. The summed E-state index contributed by atoms with van der Waals surface area (Å²) in [4.78, 5) is 11.7. The number of esters is 1. The van der Waals surface area contributed by atoms with E-state index in [1.165, 1.54) is 19.3 Å². The minimum absolute atomic E-state index is 0.0352. The van der Waals surface area contributed by atoms with Crippen LogP contribution in [0, 0.1) is 11.3 Å². The highest BCUT2D eigenvalue weighted by Crippen LogP contribution is 2.26. The lowest BCUT2D eigenvalue weighted by Gasteiger charge is -2.04. The maximum Gasteiger partial charge on any atom is 0.331 e. The lowest BCUT2D eigenvalue weighted by Crippen LogP contribution is -2.00. The molecule has 0 saturated heterocycles. The molecule has 0 radical (unpaired) electrons. The monoisotopic (exact) mass is 309 g/mol. The zero-order valence-electron chi connectivity index (χ0n) is 12.5. The molecule has 0 aromatic heterocycles. The number of ether oxygens (including phenoxy) is 2. The normalized spacial score (nSPS) is 10.3. The fourth-order valence-corrected chi connectivity index (χ4v) is 1.84. The molecule has 0 amide bonds. The number of carbonyl (C=O) groups is 1. The van der Waals surface area contributed by atoms with Crippen molar-refractivity contribution in [2.75, 3.05) is 7.11 Å². The molecule has 0 spiro atoms. The molecule has 0 atom stereocenters. The number of methoxy groups -OCH3 is 1. The second-order valence-corrected chi connectivity index (χ2v) is 4.68. The summed E-state index contributed by atoms with van der Waals surface area (Å²) in [5.41, 5.74) is 2.06. The molecule has 0 bridgehead atoms. The SMILES string of the molecule is COc1cc(C=CC(=O)OCc2ccc(C#N)cc2)ccc1O. The van der Waals surface area contributed by atoms with E-state index < -0.39 is 5.97 Å².